The van der Waals surface area contributed by atoms with Gasteiger partial charge in [0, 0.05) is 44.8 Å². The van der Waals surface area contributed by atoms with Crippen molar-refractivity contribution in [3.05, 3.63) is 48.3 Å². The molecule has 0 saturated carbocycles. The molecule has 2 N–H and O–H groups in total. The maximum absolute atomic E-state index is 12.4. The van der Waals surface area contributed by atoms with Crippen LogP contribution in [0.25, 0.3) is 0 Å². The van der Waals surface area contributed by atoms with Gasteiger partial charge in [0.1, 0.15) is 5.69 Å². The third-order valence-corrected chi connectivity index (χ3v) is 3.03. The van der Waals surface area contributed by atoms with Gasteiger partial charge in [-0.1, -0.05) is 0 Å². The fourth-order valence-electron chi connectivity index (χ4n) is 1.94. The molecule has 0 bridgehead atoms. The number of hydrogen-bond donors (Lipinski definition) is 1. The summed E-state index contributed by atoms with van der Waals surface area (Å²) in [5.41, 5.74) is 6.99. The smallest absolute Gasteiger partial charge is 0.274 e. The molecule has 20 heavy (non-hydrogen) atoms. The number of rotatable bonds is 6. The molecular formula is C14H19N5O. The topological polar surface area (TPSA) is 77.0 Å². The number of pyridine rings is 1. The van der Waals surface area contributed by atoms with Crippen LogP contribution in [-0.2, 0) is 13.1 Å². The summed E-state index contributed by atoms with van der Waals surface area (Å²) < 4.78 is 1.83. The van der Waals surface area contributed by atoms with E-state index in [4.69, 9.17) is 5.73 Å². The van der Waals surface area contributed by atoms with Crippen LogP contribution in [0.15, 0.2) is 37.1 Å². The molecule has 0 aliphatic heterocycles. The Bertz CT molecular complexity index is 552. The van der Waals surface area contributed by atoms with Crippen LogP contribution in [0.3, 0.4) is 0 Å². The van der Waals surface area contributed by atoms with E-state index in [0.29, 0.717) is 31.9 Å². The summed E-state index contributed by atoms with van der Waals surface area (Å²) in [4.78, 5) is 22.3. The van der Waals surface area contributed by atoms with Crippen LogP contribution < -0.4 is 5.73 Å². The van der Waals surface area contributed by atoms with E-state index in [1.54, 1.807) is 29.8 Å². The number of amides is 1. The zero-order chi connectivity index (χ0) is 14.4. The van der Waals surface area contributed by atoms with Gasteiger partial charge in [-0.05, 0) is 24.6 Å². The van der Waals surface area contributed by atoms with Crippen LogP contribution in [0.5, 0.6) is 0 Å². The Morgan fingerprint density at radius 3 is 2.80 bits per heavy atom. The third-order valence-electron chi connectivity index (χ3n) is 3.03. The highest BCUT2D eigenvalue weighted by Gasteiger charge is 2.17. The molecule has 0 aromatic carbocycles. The minimum atomic E-state index is -0.0694. The Labute approximate surface area is 118 Å². The summed E-state index contributed by atoms with van der Waals surface area (Å²) in [7, 11) is 0. The number of carbonyl (C=O) groups is 1. The molecule has 0 aliphatic rings. The Hall–Kier alpha value is -2.21. The van der Waals surface area contributed by atoms with Gasteiger partial charge >= 0.3 is 0 Å². The summed E-state index contributed by atoms with van der Waals surface area (Å²) in [6, 6.07) is 3.81. The molecule has 0 saturated heterocycles. The van der Waals surface area contributed by atoms with Crippen LogP contribution in [0.4, 0.5) is 0 Å². The quantitative estimate of drug-likeness (QED) is 0.848. The van der Waals surface area contributed by atoms with E-state index >= 15 is 0 Å². The number of nitrogens with zero attached hydrogens (tertiary/aromatic N) is 4. The fraction of sp³-hybridized carbons (Fsp3) is 0.357. The molecule has 106 valence electrons. The maximum Gasteiger partial charge on any atom is 0.274 e. The molecule has 0 unspecified atom stereocenters. The molecule has 2 heterocycles. The molecular weight excluding hydrogens is 254 g/mol. The first kappa shape index (κ1) is 14.2. The van der Waals surface area contributed by atoms with Crippen molar-refractivity contribution in [1.29, 1.82) is 0 Å². The van der Waals surface area contributed by atoms with E-state index in [0.717, 1.165) is 5.56 Å². The van der Waals surface area contributed by atoms with E-state index in [1.807, 2.05) is 23.6 Å². The van der Waals surface area contributed by atoms with Gasteiger partial charge in [0.2, 0.25) is 0 Å². The van der Waals surface area contributed by atoms with Crippen LogP contribution in [0.2, 0.25) is 0 Å². The van der Waals surface area contributed by atoms with E-state index in [9.17, 15) is 4.79 Å². The van der Waals surface area contributed by atoms with Gasteiger partial charge in [-0.2, -0.15) is 0 Å². The van der Waals surface area contributed by atoms with E-state index < -0.39 is 0 Å². The minimum Gasteiger partial charge on any atom is -0.335 e. The SMILES string of the molecule is CCN(Cc1ccncc1)C(=O)c1cn(CCN)cn1. The van der Waals surface area contributed by atoms with Crippen molar-refractivity contribution in [2.45, 2.75) is 20.0 Å². The zero-order valence-corrected chi connectivity index (χ0v) is 11.6. The lowest BCUT2D eigenvalue weighted by Gasteiger charge is -2.19. The summed E-state index contributed by atoms with van der Waals surface area (Å²) in [6.07, 6.45) is 6.83. The molecule has 6 nitrogen and oxygen atoms in total. The van der Waals surface area contributed by atoms with Crippen LogP contribution >= 0.6 is 0 Å². The van der Waals surface area contributed by atoms with E-state index in [1.165, 1.54) is 0 Å². The van der Waals surface area contributed by atoms with Crippen molar-refractivity contribution < 1.29 is 4.79 Å². The summed E-state index contributed by atoms with van der Waals surface area (Å²) in [6.45, 7) is 4.33. The first-order valence-corrected chi connectivity index (χ1v) is 6.64. The van der Waals surface area contributed by atoms with Crippen molar-refractivity contribution in [1.82, 2.24) is 19.4 Å². The zero-order valence-electron chi connectivity index (χ0n) is 11.6. The predicted molar refractivity (Wildman–Crippen MR) is 75.9 cm³/mol. The van der Waals surface area contributed by atoms with E-state index in [-0.39, 0.29) is 5.91 Å². The number of carbonyl (C=O) groups excluding carboxylic acids is 1. The second kappa shape index (κ2) is 6.81. The van der Waals surface area contributed by atoms with Crippen LogP contribution in [-0.4, -0.2) is 38.4 Å². The lowest BCUT2D eigenvalue weighted by Crippen LogP contribution is -2.30. The summed E-state index contributed by atoms with van der Waals surface area (Å²) in [5, 5.41) is 0. The molecule has 0 fully saturated rings. The minimum absolute atomic E-state index is 0.0694. The number of aromatic nitrogens is 3. The third kappa shape index (κ3) is 3.42. The number of hydrogen-bond acceptors (Lipinski definition) is 4. The second-order valence-corrected chi connectivity index (χ2v) is 4.46. The Morgan fingerprint density at radius 1 is 1.40 bits per heavy atom. The molecule has 6 heteroatoms. The predicted octanol–water partition coefficient (Wildman–Crippen LogP) is 0.899. The van der Waals surface area contributed by atoms with Gasteiger partial charge < -0.3 is 15.2 Å². The van der Waals surface area contributed by atoms with Gasteiger partial charge in [-0.15, -0.1) is 0 Å². The molecule has 2 aromatic heterocycles. The van der Waals surface area contributed by atoms with Gasteiger partial charge in [0.15, 0.2) is 0 Å². The average molecular weight is 273 g/mol. The fourth-order valence-corrected chi connectivity index (χ4v) is 1.94. The Balaban J connectivity index is 2.08. The highest BCUT2D eigenvalue weighted by Crippen LogP contribution is 2.08. The lowest BCUT2D eigenvalue weighted by molar-refractivity contribution is 0.0747. The summed E-state index contributed by atoms with van der Waals surface area (Å²) >= 11 is 0. The van der Waals surface area contributed by atoms with Crippen molar-refractivity contribution in [2.75, 3.05) is 13.1 Å². The first-order valence-electron chi connectivity index (χ1n) is 6.64. The van der Waals surface area contributed by atoms with Crippen molar-refractivity contribution >= 4 is 5.91 Å². The summed E-state index contributed by atoms with van der Waals surface area (Å²) in [5.74, 6) is -0.0694. The van der Waals surface area contributed by atoms with Crippen LogP contribution in [0, 0.1) is 0 Å². The largest absolute Gasteiger partial charge is 0.335 e. The molecule has 0 radical (unpaired) electrons. The van der Waals surface area contributed by atoms with Crippen molar-refractivity contribution in [3.63, 3.8) is 0 Å². The maximum atomic E-state index is 12.4. The van der Waals surface area contributed by atoms with Gasteiger partial charge in [0.05, 0.1) is 6.33 Å². The molecule has 2 rings (SSSR count). The molecule has 1 amide bonds. The molecule has 0 spiro atoms. The van der Waals surface area contributed by atoms with Crippen molar-refractivity contribution in [3.8, 4) is 0 Å². The monoisotopic (exact) mass is 273 g/mol. The standard InChI is InChI=1S/C14H19N5O/c1-2-19(9-12-3-6-16-7-4-12)14(20)13-10-18(8-5-15)11-17-13/h3-4,6-7,10-11H,2,5,8-9,15H2,1H3. The van der Waals surface area contributed by atoms with E-state index in [2.05, 4.69) is 9.97 Å². The lowest BCUT2D eigenvalue weighted by atomic mass is 10.2. The Morgan fingerprint density at radius 2 is 2.15 bits per heavy atom. The normalized spacial score (nSPS) is 10.5. The molecule has 0 atom stereocenters. The molecule has 0 aliphatic carbocycles. The molecule has 2 aromatic rings. The van der Waals surface area contributed by atoms with Gasteiger partial charge in [-0.3, -0.25) is 9.78 Å². The highest BCUT2D eigenvalue weighted by atomic mass is 16.2. The average Bonchev–Trinajstić information content (AvgIpc) is 2.94. The first-order chi connectivity index (χ1) is 9.74. The van der Waals surface area contributed by atoms with Gasteiger partial charge in [0.25, 0.3) is 5.91 Å². The van der Waals surface area contributed by atoms with Crippen molar-refractivity contribution in [2.24, 2.45) is 5.73 Å². The van der Waals surface area contributed by atoms with Gasteiger partial charge in [-0.25, -0.2) is 4.98 Å². The second-order valence-electron chi connectivity index (χ2n) is 4.46. The number of imidazole rings is 1. The van der Waals surface area contributed by atoms with Crippen LogP contribution in [0.1, 0.15) is 23.0 Å². The highest BCUT2D eigenvalue weighted by molar-refractivity contribution is 5.92. The Kier molecular flexibility index (Phi) is 4.84. The number of nitrogens with two attached hydrogens (primary N) is 1.